The Kier molecular flexibility index (Phi) is 5.74. The molecular formula is C27H24N6O. The van der Waals surface area contributed by atoms with Gasteiger partial charge in [0.2, 0.25) is 0 Å². The van der Waals surface area contributed by atoms with Gasteiger partial charge in [0.25, 0.3) is 5.91 Å². The molecule has 0 aliphatic heterocycles. The lowest BCUT2D eigenvalue weighted by Crippen LogP contribution is -2.26. The summed E-state index contributed by atoms with van der Waals surface area (Å²) in [6, 6.07) is 25.5. The van der Waals surface area contributed by atoms with E-state index in [4.69, 9.17) is 15.7 Å². The lowest BCUT2D eigenvalue weighted by molar-refractivity contribution is 0.0956. The van der Waals surface area contributed by atoms with Crippen LogP contribution in [0.15, 0.2) is 84.0 Å². The van der Waals surface area contributed by atoms with Gasteiger partial charge in [-0.25, -0.2) is 9.97 Å². The highest BCUT2D eigenvalue weighted by atomic mass is 16.1. The number of carbonyl (C=O) groups excluding carboxylic acids is 1. The van der Waals surface area contributed by atoms with Crippen molar-refractivity contribution in [1.29, 1.82) is 0 Å². The summed E-state index contributed by atoms with van der Waals surface area (Å²) in [5.74, 6) is -0.0982. The molecule has 0 bridgehead atoms. The van der Waals surface area contributed by atoms with Crippen LogP contribution in [0.25, 0.3) is 22.2 Å². The monoisotopic (exact) mass is 448 g/mol. The molecule has 0 aliphatic carbocycles. The second kappa shape index (κ2) is 9.15. The predicted molar refractivity (Wildman–Crippen MR) is 136 cm³/mol. The molecule has 1 amide bonds. The summed E-state index contributed by atoms with van der Waals surface area (Å²) in [5, 5.41) is 7.54. The molecule has 0 atom stereocenters. The summed E-state index contributed by atoms with van der Waals surface area (Å²) >= 11 is 0. The van der Waals surface area contributed by atoms with Gasteiger partial charge in [0.1, 0.15) is 16.9 Å². The summed E-state index contributed by atoms with van der Waals surface area (Å²) < 4.78 is 1.49. The van der Waals surface area contributed by atoms with E-state index in [0.717, 1.165) is 16.7 Å². The number of fused-ring (bicyclic) bond motifs is 2. The van der Waals surface area contributed by atoms with Crippen LogP contribution in [0.2, 0.25) is 0 Å². The van der Waals surface area contributed by atoms with Crippen LogP contribution in [0.1, 0.15) is 27.0 Å². The number of aromatic nitrogens is 3. The normalized spacial score (nSPS) is 11.4. The van der Waals surface area contributed by atoms with Crippen LogP contribution < -0.4 is 11.1 Å². The van der Waals surface area contributed by atoms with E-state index in [9.17, 15) is 4.79 Å². The third-order valence-electron chi connectivity index (χ3n) is 5.61. The zero-order valence-electron chi connectivity index (χ0n) is 18.8. The van der Waals surface area contributed by atoms with Crippen LogP contribution in [-0.4, -0.2) is 33.3 Å². The molecule has 7 heteroatoms. The van der Waals surface area contributed by atoms with Crippen LogP contribution in [0.5, 0.6) is 0 Å². The number of carbonyl (C=O) groups is 1. The SMILES string of the molecule is Cc1cccc(C=Nn2c(N)c(C(=O)NCCc3ccccc3)c3nc4ccccc4nc32)c1. The number of anilines is 1. The third-order valence-corrected chi connectivity index (χ3v) is 5.61. The van der Waals surface area contributed by atoms with Gasteiger partial charge in [-0.05, 0) is 36.6 Å². The van der Waals surface area contributed by atoms with Crippen molar-refractivity contribution >= 4 is 40.1 Å². The van der Waals surface area contributed by atoms with Gasteiger partial charge in [-0.1, -0.05) is 72.3 Å². The summed E-state index contributed by atoms with van der Waals surface area (Å²) in [5.41, 5.74) is 12.2. The number of para-hydroxylation sites is 2. The molecule has 0 saturated carbocycles. The molecule has 2 aromatic heterocycles. The molecule has 7 nitrogen and oxygen atoms in total. The lowest BCUT2D eigenvalue weighted by Gasteiger charge is -2.05. The van der Waals surface area contributed by atoms with Crippen molar-refractivity contribution < 1.29 is 4.79 Å². The maximum absolute atomic E-state index is 13.2. The topological polar surface area (TPSA) is 98.2 Å². The number of hydrogen-bond acceptors (Lipinski definition) is 5. The van der Waals surface area contributed by atoms with Crippen LogP contribution >= 0.6 is 0 Å². The average Bonchev–Trinajstić information content (AvgIpc) is 3.12. The predicted octanol–water partition coefficient (Wildman–Crippen LogP) is 4.33. The molecule has 0 saturated heterocycles. The first-order valence-electron chi connectivity index (χ1n) is 11.1. The Balaban J connectivity index is 1.54. The number of rotatable bonds is 6. The molecule has 5 rings (SSSR count). The first-order valence-corrected chi connectivity index (χ1v) is 11.1. The standard InChI is InChI=1S/C27H24N6O/c1-18-8-7-11-20(16-18)17-30-33-25(28)23(27(34)29-15-14-19-9-3-2-4-10-19)24-26(33)32-22-13-6-5-12-21(22)31-24/h2-13,16-17H,14-15,28H2,1H3,(H,29,34). The molecule has 0 radical (unpaired) electrons. The van der Waals surface area contributed by atoms with Gasteiger partial charge in [0, 0.05) is 6.54 Å². The Morgan fingerprint density at radius 1 is 1.00 bits per heavy atom. The van der Waals surface area contributed by atoms with Gasteiger partial charge in [-0.3, -0.25) is 4.79 Å². The number of amides is 1. The molecule has 5 aromatic rings. The molecule has 0 spiro atoms. The highest BCUT2D eigenvalue weighted by Crippen LogP contribution is 2.27. The Hall–Kier alpha value is -4.52. The van der Waals surface area contributed by atoms with Gasteiger partial charge in [0.15, 0.2) is 5.65 Å². The van der Waals surface area contributed by atoms with Crippen LogP contribution in [0.4, 0.5) is 5.82 Å². The third kappa shape index (κ3) is 4.23. The van der Waals surface area contributed by atoms with E-state index in [-0.39, 0.29) is 17.3 Å². The van der Waals surface area contributed by atoms with E-state index >= 15 is 0 Å². The maximum atomic E-state index is 13.2. The van der Waals surface area contributed by atoms with Gasteiger partial charge in [-0.2, -0.15) is 9.78 Å². The van der Waals surface area contributed by atoms with E-state index in [2.05, 4.69) is 10.4 Å². The van der Waals surface area contributed by atoms with E-state index in [0.29, 0.717) is 35.2 Å². The number of hydrogen-bond donors (Lipinski definition) is 2. The van der Waals surface area contributed by atoms with E-state index < -0.39 is 0 Å². The summed E-state index contributed by atoms with van der Waals surface area (Å²) in [6.45, 7) is 2.49. The van der Waals surface area contributed by atoms with E-state index in [1.807, 2.05) is 85.8 Å². The fourth-order valence-electron chi connectivity index (χ4n) is 3.92. The van der Waals surface area contributed by atoms with Crippen molar-refractivity contribution in [1.82, 2.24) is 20.0 Å². The van der Waals surface area contributed by atoms with Crippen LogP contribution in [0, 0.1) is 6.92 Å². The van der Waals surface area contributed by atoms with Crippen LogP contribution in [0.3, 0.4) is 0 Å². The first kappa shape index (κ1) is 21.3. The summed E-state index contributed by atoms with van der Waals surface area (Å²) in [6.07, 6.45) is 2.42. The zero-order chi connectivity index (χ0) is 23.5. The summed E-state index contributed by atoms with van der Waals surface area (Å²) in [7, 11) is 0. The molecule has 0 unspecified atom stereocenters. The van der Waals surface area contributed by atoms with Gasteiger partial charge in [-0.15, -0.1) is 0 Å². The number of nitrogens with one attached hydrogen (secondary N) is 1. The van der Waals surface area contributed by atoms with Gasteiger partial charge < -0.3 is 11.1 Å². The number of nitrogen functional groups attached to an aromatic ring is 1. The van der Waals surface area contributed by atoms with E-state index in [1.165, 1.54) is 4.68 Å². The molecule has 0 fully saturated rings. The number of nitrogens with two attached hydrogens (primary N) is 1. The van der Waals surface area contributed by atoms with Gasteiger partial charge >= 0.3 is 0 Å². The molecule has 168 valence electrons. The molecule has 34 heavy (non-hydrogen) atoms. The minimum atomic E-state index is -0.299. The second-order valence-electron chi connectivity index (χ2n) is 8.11. The van der Waals surface area contributed by atoms with Crippen molar-refractivity contribution in [2.24, 2.45) is 5.10 Å². The lowest BCUT2D eigenvalue weighted by atomic mass is 10.1. The average molecular weight is 449 g/mol. The van der Waals surface area contributed by atoms with Gasteiger partial charge in [0.05, 0.1) is 17.2 Å². The number of nitrogens with zero attached hydrogens (tertiary/aromatic N) is 4. The largest absolute Gasteiger partial charge is 0.383 e. The minimum absolute atomic E-state index is 0.200. The maximum Gasteiger partial charge on any atom is 0.257 e. The molecule has 3 aromatic carbocycles. The highest BCUT2D eigenvalue weighted by Gasteiger charge is 2.23. The van der Waals surface area contributed by atoms with E-state index in [1.54, 1.807) is 6.21 Å². The number of aryl methyl sites for hydroxylation is 1. The fraction of sp³-hybridized carbons (Fsp3) is 0.111. The quantitative estimate of drug-likeness (QED) is 0.378. The molecule has 0 aliphatic rings. The van der Waals surface area contributed by atoms with Crippen molar-refractivity contribution in [3.05, 3.63) is 101 Å². The Morgan fingerprint density at radius 3 is 2.50 bits per heavy atom. The summed E-state index contributed by atoms with van der Waals surface area (Å²) in [4.78, 5) is 22.7. The molecular weight excluding hydrogens is 424 g/mol. The number of benzene rings is 3. The Bertz CT molecular complexity index is 1520. The van der Waals surface area contributed by atoms with Crippen molar-refractivity contribution in [2.45, 2.75) is 13.3 Å². The zero-order valence-corrected chi connectivity index (χ0v) is 18.8. The van der Waals surface area contributed by atoms with Crippen molar-refractivity contribution in [3.8, 4) is 0 Å². The second-order valence-corrected chi connectivity index (χ2v) is 8.11. The molecule has 2 heterocycles. The smallest absolute Gasteiger partial charge is 0.257 e. The minimum Gasteiger partial charge on any atom is -0.383 e. The molecule has 3 N–H and O–H groups in total. The van der Waals surface area contributed by atoms with Crippen LogP contribution in [-0.2, 0) is 6.42 Å². The highest BCUT2D eigenvalue weighted by molar-refractivity contribution is 6.10. The first-order chi connectivity index (χ1) is 16.6. The van der Waals surface area contributed by atoms with Crippen molar-refractivity contribution in [2.75, 3.05) is 12.3 Å². The Morgan fingerprint density at radius 2 is 1.74 bits per heavy atom. The Labute approximate surface area is 197 Å². The van der Waals surface area contributed by atoms with Crippen molar-refractivity contribution in [3.63, 3.8) is 0 Å². The fourth-order valence-corrected chi connectivity index (χ4v) is 3.92.